The minimum atomic E-state index is -1.02. The van der Waals surface area contributed by atoms with E-state index in [4.69, 9.17) is 0 Å². The Morgan fingerprint density at radius 1 is 1.16 bits per heavy atom. The lowest BCUT2D eigenvalue weighted by atomic mass is 9.78. The summed E-state index contributed by atoms with van der Waals surface area (Å²) < 4.78 is 0. The lowest BCUT2D eigenvalue weighted by molar-refractivity contribution is -0.143. The van der Waals surface area contributed by atoms with Crippen molar-refractivity contribution in [3.63, 3.8) is 0 Å². The molecule has 6 nitrogen and oxygen atoms in total. The summed E-state index contributed by atoms with van der Waals surface area (Å²) in [5.41, 5.74) is 1.39. The van der Waals surface area contributed by atoms with Crippen LogP contribution in [0.25, 0.3) is 16.7 Å². The van der Waals surface area contributed by atoms with Gasteiger partial charge in [0, 0.05) is 0 Å². The van der Waals surface area contributed by atoms with E-state index in [1.165, 1.54) is 10.9 Å². The summed E-state index contributed by atoms with van der Waals surface area (Å²) in [6.45, 7) is 3.75. The molecule has 0 amide bonds. The molecule has 3 rings (SSSR count). The van der Waals surface area contributed by atoms with Crippen LogP contribution in [0.15, 0.2) is 42.5 Å². The van der Waals surface area contributed by atoms with Crippen molar-refractivity contribution >= 4 is 17.0 Å². The summed E-state index contributed by atoms with van der Waals surface area (Å²) in [5.74, 6) is -0.872. The van der Waals surface area contributed by atoms with Crippen LogP contribution in [-0.2, 0) is 10.2 Å². The Balaban J connectivity index is 2.09. The normalized spacial score (nSPS) is 13.7. The minimum absolute atomic E-state index is 0.00675. The SMILES string of the molecule is CCCCC(C)(C(=O)O)c1ccc(O)c(-n2nc3ccccc3n2)c1. The van der Waals surface area contributed by atoms with Gasteiger partial charge in [0.25, 0.3) is 0 Å². The van der Waals surface area contributed by atoms with Gasteiger partial charge in [-0.25, -0.2) is 0 Å². The summed E-state index contributed by atoms with van der Waals surface area (Å²) >= 11 is 0. The van der Waals surface area contributed by atoms with E-state index in [2.05, 4.69) is 10.2 Å². The predicted octanol–water partition coefficient (Wildman–Crippen LogP) is 3.66. The number of aromatic nitrogens is 3. The van der Waals surface area contributed by atoms with Crippen LogP contribution in [0.3, 0.4) is 0 Å². The lowest BCUT2D eigenvalue weighted by Crippen LogP contribution is -2.32. The second-order valence-electron chi connectivity index (χ2n) is 6.42. The molecule has 2 N–H and O–H groups in total. The van der Waals surface area contributed by atoms with Gasteiger partial charge in [-0.05, 0) is 43.2 Å². The van der Waals surface area contributed by atoms with Crippen molar-refractivity contribution < 1.29 is 15.0 Å². The van der Waals surface area contributed by atoms with Gasteiger partial charge < -0.3 is 10.2 Å². The van der Waals surface area contributed by atoms with E-state index in [1.807, 2.05) is 31.2 Å². The van der Waals surface area contributed by atoms with Gasteiger partial charge in [-0.15, -0.1) is 15.0 Å². The van der Waals surface area contributed by atoms with Gasteiger partial charge in [0.1, 0.15) is 22.5 Å². The van der Waals surface area contributed by atoms with Crippen LogP contribution in [0.2, 0.25) is 0 Å². The molecule has 1 aromatic heterocycles. The Morgan fingerprint density at radius 3 is 2.36 bits per heavy atom. The molecule has 0 aliphatic heterocycles. The molecular weight excluding hydrogens is 318 g/mol. The topological polar surface area (TPSA) is 88.2 Å². The zero-order valence-electron chi connectivity index (χ0n) is 14.3. The molecule has 0 aliphatic carbocycles. The minimum Gasteiger partial charge on any atom is -0.506 e. The summed E-state index contributed by atoms with van der Waals surface area (Å²) in [4.78, 5) is 13.3. The van der Waals surface area contributed by atoms with Gasteiger partial charge in [0.2, 0.25) is 0 Å². The highest BCUT2D eigenvalue weighted by Crippen LogP contribution is 2.34. The highest BCUT2D eigenvalue weighted by atomic mass is 16.4. The summed E-state index contributed by atoms with van der Waals surface area (Å²) in [7, 11) is 0. The molecule has 0 saturated carbocycles. The van der Waals surface area contributed by atoms with Crippen LogP contribution in [-0.4, -0.2) is 31.2 Å². The van der Waals surface area contributed by atoms with Gasteiger partial charge in [0.15, 0.2) is 0 Å². The first kappa shape index (κ1) is 17.0. The van der Waals surface area contributed by atoms with Gasteiger partial charge >= 0.3 is 5.97 Å². The summed E-state index contributed by atoms with van der Waals surface area (Å²) in [6.07, 6.45) is 2.25. The molecule has 0 bridgehead atoms. The molecule has 6 heteroatoms. The molecular formula is C19H21N3O3. The van der Waals surface area contributed by atoms with Crippen molar-refractivity contribution in [2.75, 3.05) is 0 Å². The molecule has 25 heavy (non-hydrogen) atoms. The standard InChI is InChI=1S/C19H21N3O3/c1-3-4-11-19(2,18(24)25)13-9-10-17(23)16(12-13)22-20-14-7-5-6-8-15(14)21-22/h5-10,12,23H,3-4,11H2,1-2H3,(H,24,25). The number of fused-ring (bicyclic) bond motifs is 1. The van der Waals surface area contributed by atoms with E-state index >= 15 is 0 Å². The smallest absolute Gasteiger partial charge is 0.313 e. The highest BCUT2D eigenvalue weighted by molar-refractivity contribution is 5.81. The number of carboxylic acids is 1. The van der Waals surface area contributed by atoms with Crippen molar-refractivity contribution in [3.05, 3.63) is 48.0 Å². The number of hydrogen-bond acceptors (Lipinski definition) is 4. The van der Waals surface area contributed by atoms with E-state index in [-0.39, 0.29) is 5.75 Å². The first-order valence-corrected chi connectivity index (χ1v) is 8.35. The Kier molecular flexibility index (Phi) is 4.44. The van der Waals surface area contributed by atoms with Crippen LogP contribution >= 0.6 is 0 Å². The zero-order valence-corrected chi connectivity index (χ0v) is 14.3. The lowest BCUT2D eigenvalue weighted by Gasteiger charge is -2.26. The Labute approximate surface area is 145 Å². The Hall–Kier alpha value is -2.89. The van der Waals surface area contributed by atoms with Crippen LogP contribution in [0, 0.1) is 0 Å². The molecule has 2 aromatic carbocycles. The third-order valence-electron chi connectivity index (χ3n) is 4.62. The van der Waals surface area contributed by atoms with Crippen molar-refractivity contribution in [2.45, 2.75) is 38.5 Å². The number of phenols is 1. The first-order chi connectivity index (χ1) is 12.0. The van der Waals surface area contributed by atoms with E-state index in [0.29, 0.717) is 28.7 Å². The fourth-order valence-corrected chi connectivity index (χ4v) is 2.90. The molecule has 0 radical (unpaired) electrons. The number of unbranched alkanes of at least 4 members (excludes halogenated alkanes) is 1. The van der Waals surface area contributed by atoms with E-state index in [9.17, 15) is 15.0 Å². The first-order valence-electron chi connectivity index (χ1n) is 8.35. The average Bonchev–Trinajstić information content (AvgIpc) is 3.03. The monoisotopic (exact) mass is 339 g/mol. The quantitative estimate of drug-likeness (QED) is 0.715. The molecule has 0 fully saturated rings. The number of carboxylic acid groups (broad SMARTS) is 1. The largest absolute Gasteiger partial charge is 0.506 e. The van der Waals surface area contributed by atoms with E-state index in [1.54, 1.807) is 19.1 Å². The predicted molar refractivity (Wildman–Crippen MR) is 95.0 cm³/mol. The molecule has 0 aliphatic rings. The summed E-state index contributed by atoms with van der Waals surface area (Å²) in [6, 6.07) is 12.2. The van der Waals surface area contributed by atoms with E-state index in [0.717, 1.165) is 12.8 Å². The van der Waals surface area contributed by atoms with E-state index < -0.39 is 11.4 Å². The molecule has 130 valence electrons. The fraction of sp³-hybridized carbons (Fsp3) is 0.316. The third-order valence-corrected chi connectivity index (χ3v) is 4.62. The highest BCUT2D eigenvalue weighted by Gasteiger charge is 2.35. The van der Waals surface area contributed by atoms with Crippen molar-refractivity contribution in [2.24, 2.45) is 0 Å². The maximum absolute atomic E-state index is 11.9. The number of phenolic OH excluding ortho intramolecular Hbond substituents is 1. The number of hydrogen-bond donors (Lipinski definition) is 2. The van der Waals surface area contributed by atoms with Crippen LogP contribution in [0.4, 0.5) is 0 Å². The molecule has 1 atom stereocenters. The number of benzene rings is 2. The molecule has 1 unspecified atom stereocenters. The van der Waals surface area contributed by atoms with Crippen molar-refractivity contribution in [1.82, 2.24) is 15.0 Å². The van der Waals surface area contributed by atoms with Crippen molar-refractivity contribution in [3.8, 4) is 11.4 Å². The number of nitrogens with zero attached hydrogens (tertiary/aromatic N) is 3. The third kappa shape index (κ3) is 3.07. The number of carbonyl (C=O) groups is 1. The molecule has 3 aromatic rings. The van der Waals surface area contributed by atoms with Gasteiger partial charge in [-0.2, -0.15) is 0 Å². The van der Waals surface area contributed by atoms with Gasteiger partial charge in [0.05, 0.1) is 5.41 Å². The van der Waals surface area contributed by atoms with Gasteiger partial charge in [-0.3, -0.25) is 4.79 Å². The molecule has 0 saturated heterocycles. The molecule has 1 heterocycles. The van der Waals surface area contributed by atoms with Crippen LogP contribution in [0.5, 0.6) is 5.75 Å². The average molecular weight is 339 g/mol. The Morgan fingerprint density at radius 2 is 1.80 bits per heavy atom. The van der Waals surface area contributed by atoms with Crippen LogP contribution < -0.4 is 0 Å². The Bertz CT molecular complexity index is 886. The van der Waals surface area contributed by atoms with Crippen LogP contribution in [0.1, 0.15) is 38.7 Å². The number of aromatic hydroxyl groups is 1. The second-order valence-corrected chi connectivity index (χ2v) is 6.42. The van der Waals surface area contributed by atoms with Gasteiger partial charge in [-0.1, -0.05) is 38.0 Å². The number of aliphatic carboxylic acids is 1. The molecule has 0 spiro atoms. The number of rotatable bonds is 6. The second kappa shape index (κ2) is 6.55. The maximum Gasteiger partial charge on any atom is 0.313 e. The fourth-order valence-electron chi connectivity index (χ4n) is 2.90. The maximum atomic E-state index is 11.9. The van der Waals surface area contributed by atoms with Crippen molar-refractivity contribution in [1.29, 1.82) is 0 Å². The zero-order chi connectivity index (χ0) is 18.0. The summed E-state index contributed by atoms with van der Waals surface area (Å²) in [5, 5.41) is 28.7.